The van der Waals surface area contributed by atoms with Crippen LogP contribution in [0.2, 0.25) is 0 Å². The molecule has 0 aromatic carbocycles. The summed E-state index contributed by atoms with van der Waals surface area (Å²) in [5.74, 6) is -1.12. The predicted octanol–water partition coefficient (Wildman–Crippen LogP) is 0.685. The number of imidazole rings is 1. The number of nitrogens with zero attached hydrogens (tertiary/aromatic N) is 5. The van der Waals surface area contributed by atoms with Gasteiger partial charge in [-0.2, -0.15) is 4.98 Å². The van der Waals surface area contributed by atoms with Crippen molar-refractivity contribution >= 4 is 66.1 Å². The van der Waals surface area contributed by atoms with Gasteiger partial charge in [0.25, 0.3) is 11.1 Å². The number of aliphatic hydroxyl groups is 1. The maximum Gasteiger partial charge on any atom is 0.582 e. The van der Waals surface area contributed by atoms with E-state index in [1.54, 1.807) is 0 Å². The van der Waals surface area contributed by atoms with Crippen molar-refractivity contribution in [2.45, 2.75) is 49.5 Å². The summed E-state index contributed by atoms with van der Waals surface area (Å²) in [6.07, 6.45) is -6.49. The SMILES string of the molecule is Nc1nc2c(ncn2[C@@H]2O[C@H](CO)[C@@H](F)[C@H]2OP(O)(=S)OC[C@H]2O[C@@H](n3cc(F)c4c(=O)[nH]cnc43)C[C@@H]2O[P+](=O)S)c(=O)[nH]1. The number of alkyl halides is 1. The highest BCUT2D eigenvalue weighted by atomic mass is 32.7. The minimum Gasteiger partial charge on any atom is -0.394 e. The number of aromatic amines is 2. The summed E-state index contributed by atoms with van der Waals surface area (Å²) in [5.41, 5.74) is 3.98. The van der Waals surface area contributed by atoms with Gasteiger partial charge in [-0.25, -0.2) is 18.7 Å². The standard InChI is InChI=1S/C21H22F2N8O10P2S2/c22-7-2-30(16-12(7)18(33)26-5-25-16)11-1-8(40-42(35)44)10(38-11)4-37-43(36,45)41-15-13(23)9(3-32)39-20(15)31-6-27-14-17(31)28-21(24)29-19(14)34/h2,5-6,8-11,13,15,20,32H,1,3-4H2,(H5-,24,25,26,28,29,33,34,35,36,44,45)/p+1/t8-,9+,10+,11+,13+,15+,20+,43?/m0/s1. The summed E-state index contributed by atoms with van der Waals surface area (Å²) in [7, 11) is -2.46. The molecule has 6 rings (SSSR count). The normalized spacial score (nSPS) is 28.6. The summed E-state index contributed by atoms with van der Waals surface area (Å²) in [5, 5.41) is 9.36. The number of aliphatic hydroxyl groups excluding tert-OH is 1. The summed E-state index contributed by atoms with van der Waals surface area (Å²) in [4.78, 5) is 51.8. The molecule has 18 nitrogen and oxygen atoms in total. The number of rotatable bonds is 10. The van der Waals surface area contributed by atoms with Gasteiger partial charge >= 0.3 is 13.9 Å². The number of ether oxygens (including phenoxy) is 2. The summed E-state index contributed by atoms with van der Waals surface area (Å²) in [6.45, 7) is -5.66. The molecular weight excluding hydrogens is 688 g/mol. The Bertz CT molecular complexity index is 1940. The zero-order chi connectivity index (χ0) is 32.2. The van der Waals surface area contributed by atoms with Gasteiger partial charge in [0.15, 0.2) is 35.0 Å². The molecule has 45 heavy (non-hydrogen) atoms. The van der Waals surface area contributed by atoms with Crippen molar-refractivity contribution in [1.82, 2.24) is 34.1 Å². The van der Waals surface area contributed by atoms with Crippen molar-refractivity contribution < 1.29 is 46.4 Å². The van der Waals surface area contributed by atoms with Crippen LogP contribution in [-0.2, 0) is 39.4 Å². The number of aromatic nitrogens is 7. The number of anilines is 1. The summed E-state index contributed by atoms with van der Waals surface area (Å²) >= 11 is 8.92. The zero-order valence-corrected chi connectivity index (χ0v) is 25.9. The summed E-state index contributed by atoms with van der Waals surface area (Å²) < 4.78 is 72.1. The highest BCUT2D eigenvalue weighted by Gasteiger charge is 2.50. The van der Waals surface area contributed by atoms with E-state index in [2.05, 4.69) is 37.2 Å². The molecule has 6 heterocycles. The van der Waals surface area contributed by atoms with Crippen molar-refractivity contribution in [2.75, 3.05) is 18.9 Å². The van der Waals surface area contributed by atoms with Gasteiger partial charge in [0.1, 0.15) is 48.3 Å². The molecule has 24 heteroatoms. The van der Waals surface area contributed by atoms with Crippen LogP contribution in [0.3, 0.4) is 0 Å². The molecule has 2 saturated heterocycles. The average molecular weight is 712 g/mol. The van der Waals surface area contributed by atoms with Crippen LogP contribution < -0.4 is 16.9 Å². The second-order valence-corrected chi connectivity index (χ2v) is 14.3. The van der Waals surface area contributed by atoms with Gasteiger partial charge in [0, 0.05) is 12.6 Å². The van der Waals surface area contributed by atoms with E-state index in [-0.39, 0.29) is 34.6 Å². The molecule has 2 fully saturated rings. The van der Waals surface area contributed by atoms with Crippen molar-refractivity contribution in [1.29, 1.82) is 0 Å². The van der Waals surface area contributed by atoms with Gasteiger partial charge in [-0.15, -0.1) is 4.52 Å². The molecule has 0 spiro atoms. The Morgan fingerprint density at radius 1 is 1.24 bits per heavy atom. The van der Waals surface area contributed by atoms with E-state index in [1.165, 1.54) is 4.57 Å². The molecular formula is C21H23F2N8O10P2S2+. The molecule has 0 amide bonds. The molecule has 9 atom stereocenters. The van der Waals surface area contributed by atoms with Gasteiger partial charge in [0.2, 0.25) is 5.95 Å². The fraction of sp³-hybridized carbons (Fsp3) is 0.476. The Hall–Kier alpha value is -2.75. The second-order valence-electron chi connectivity index (χ2n) is 9.86. The van der Waals surface area contributed by atoms with Crippen molar-refractivity contribution in [3.63, 3.8) is 0 Å². The number of halogens is 2. The topological polar surface area (TPSA) is 244 Å². The number of hydrogen-bond donors (Lipinski definition) is 6. The first kappa shape index (κ1) is 32.2. The smallest absolute Gasteiger partial charge is 0.394 e. The second kappa shape index (κ2) is 12.5. The minimum atomic E-state index is -4.35. The fourth-order valence-electron chi connectivity index (χ4n) is 5.18. The van der Waals surface area contributed by atoms with Crippen LogP contribution in [0.5, 0.6) is 0 Å². The van der Waals surface area contributed by atoms with E-state index in [4.69, 9.17) is 40.6 Å². The first-order valence-corrected chi connectivity index (χ1v) is 17.8. The quantitative estimate of drug-likeness (QED) is 0.0979. The number of fused-ring (bicyclic) bond motifs is 2. The Morgan fingerprint density at radius 2 is 2.02 bits per heavy atom. The minimum absolute atomic E-state index is 0.0302. The highest BCUT2D eigenvalue weighted by molar-refractivity contribution is 8.39. The molecule has 2 unspecified atom stereocenters. The van der Waals surface area contributed by atoms with Crippen molar-refractivity contribution in [3.8, 4) is 0 Å². The van der Waals surface area contributed by atoms with Gasteiger partial charge < -0.3 is 39.3 Å². The predicted molar refractivity (Wildman–Crippen MR) is 156 cm³/mol. The Morgan fingerprint density at radius 3 is 2.76 bits per heavy atom. The van der Waals surface area contributed by atoms with E-state index in [9.17, 15) is 28.5 Å². The van der Waals surface area contributed by atoms with Gasteiger partial charge in [-0.3, -0.25) is 23.7 Å². The fourth-order valence-corrected chi connectivity index (χ4v) is 7.40. The number of nitrogens with one attached hydrogen (secondary N) is 2. The number of hydrogen-bond acceptors (Lipinski definition) is 14. The molecule has 0 bridgehead atoms. The lowest BCUT2D eigenvalue weighted by molar-refractivity contribution is -0.0529. The van der Waals surface area contributed by atoms with Crippen LogP contribution in [0, 0.1) is 5.82 Å². The molecule has 242 valence electrons. The first-order chi connectivity index (χ1) is 21.4. The molecule has 0 aliphatic carbocycles. The van der Waals surface area contributed by atoms with Gasteiger partial charge in [0.05, 0.1) is 25.9 Å². The van der Waals surface area contributed by atoms with Crippen LogP contribution in [0.4, 0.5) is 14.7 Å². The largest absolute Gasteiger partial charge is 0.582 e. The van der Waals surface area contributed by atoms with E-state index < -0.39 is 87.1 Å². The van der Waals surface area contributed by atoms with Crippen LogP contribution in [0.1, 0.15) is 18.9 Å². The zero-order valence-electron chi connectivity index (χ0n) is 22.4. The lowest BCUT2D eigenvalue weighted by atomic mass is 10.1. The third-order valence-electron chi connectivity index (χ3n) is 7.11. The average Bonchev–Trinajstić information content (AvgIpc) is 3.72. The molecule has 4 aromatic heterocycles. The van der Waals surface area contributed by atoms with Crippen molar-refractivity contribution in [2.24, 2.45) is 0 Å². The van der Waals surface area contributed by atoms with Crippen LogP contribution in [-0.4, -0.2) is 87.9 Å². The number of nitrogen functional groups attached to an aromatic ring is 1. The van der Waals surface area contributed by atoms with E-state index >= 15 is 4.39 Å². The molecule has 2 aliphatic heterocycles. The van der Waals surface area contributed by atoms with Gasteiger partial charge in [-0.05, 0) is 16.4 Å². The maximum absolute atomic E-state index is 15.4. The lowest BCUT2D eigenvalue weighted by Crippen LogP contribution is -2.32. The Labute approximate surface area is 260 Å². The molecule has 2 aliphatic rings. The van der Waals surface area contributed by atoms with E-state index in [1.807, 2.05) is 0 Å². The molecule has 0 saturated carbocycles. The number of thiol groups is 1. The van der Waals surface area contributed by atoms with Gasteiger partial charge in [-0.1, -0.05) is 0 Å². The number of H-pyrrole nitrogens is 2. The molecule has 0 radical (unpaired) electrons. The molecule has 4 aromatic rings. The van der Waals surface area contributed by atoms with E-state index in [0.29, 0.717) is 0 Å². The lowest BCUT2D eigenvalue weighted by Gasteiger charge is -2.26. The Balaban J connectivity index is 1.21. The summed E-state index contributed by atoms with van der Waals surface area (Å²) in [6, 6.07) is 0. The maximum atomic E-state index is 15.4. The van der Waals surface area contributed by atoms with Crippen LogP contribution in [0.25, 0.3) is 22.2 Å². The van der Waals surface area contributed by atoms with Crippen LogP contribution >= 0.6 is 26.2 Å². The van der Waals surface area contributed by atoms with E-state index in [0.717, 1.165) is 23.4 Å². The third kappa shape index (κ3) is 6.20. The third-order valence-corrected chi connectivity index (χ3v) is 9.40. The molecule has 6 N–H and O–H groups in total. The Kier molecular flexibility index (Phi) is 8.91. The van der Waals surface area contributed by atoms with Crippen LogP contribution in [0.15, 0.2) is 28.4 Å². The monoisotopic (exact) mass is 711 g/mol. The number of nitrogens with two attached hydrogens (primary N) is 1. The first-order valence-electron chi connectivity index (χ1n) is 12.9. The highest BCUT2D eigenvalue weighted by Crippen LogP contribution is 2.51. The van der Waals surface area contributed by atoms with Crippen molar-refractivity contribution in [3.05, 3.63) is 45.4 Å².